The Morgan fingerprint density at radius 3 is 2.03 bits per heavy atom. The number of hydrogen-bond acceptors (Lipinski definition) is 3. The molecule has 1 fully saturated rings. The molecule has 3 amide bonds. The van der Waals surface area contributed by atoms with Crippen LogP contribution in [0.1, 0.15) is 44.2 Å². The number of nitrogens with zero attached hydrogens (tertiary/aromatic N) is 2. The molecule has 0 bridgehead atoms. The third kappa shape index (κ3) is 5.83. The summed E-state index contributed by atoms with van der Waals surface area (Å²) in [4.78, 5) is 29.4. The van der Waals surface area contributed by atoms with Crippen LogP contribution < -0.4 is 10.6 Å². The van der Waals surface area contributed by atoms with E-state index in [9.17, 15) is 9.59 Å². The molecule has 1 saturated heterocycles. The van der Waals surface area contributed by atoms with Crippen molar-refractivity contribution in [1.82, 2.24) is 9.80 Å². The highest BCUT2D eigenvalue weighted by Crippen LogP contribution is 2.22. The summed E-state index contributed by atoms with van der Waals surface area (Å²) in [7, 11) is 1.94. The number of amides is 3. The minimum atomic E-state index is -0.362. The fourth-order valence-corrected chi connectivity index (χ4v) is 3.75. The van der Waals surface area contributed by atoms with Gasteiger partial charge in [0.15, 0.2) is 0 Å². The molecular formula is C24H32N4O2. The van der Waals surface area contributed by atoms with Gasteiger partial charge in [-0.15, -0.1) is 0 Å². The topological polar surface area (TPSA) is 64.7 Å². The Balaban J connectivity index is 1.62. The van der Waals surface area contributed by atoms with E-state index in [2.05, 4.69) is 10.6 Å². The summed E-state index contributed by atoms with van der Waals surface area (Å²) in [6.07, 6.45) is 4.51. The standard InChI is InChI=1S/C24H32N4O2/c1-3-27(2)22(19-11-7-6-8-12-19)23(29)25-20-13-15-21(16-14-20)26-24(30)28-17-9-4-5-10-18-28/h6-8,11-16,22H,3-5,9-10,17-18H2,1-2H3,(H,25,29)(H,26,30). The highest BCUT2D eigenvalue weighted by Gasteiger charge is 2.24. The number of hydrogen-bond donors (Lipinski definition) is 2. The summed E-state index contributed by atoms with van der Waals surface area (Å²) in [6, 6.07) is 16.7. The molecule has 2 N–H and O–H groups in total. The van der Waals surface area contributed by atoms with Crippen molar-refractivity contribution in [3.05, 3.63) is 60.2 Å². The van der Waals surface area contributed by atoms with Gasteiger partial charge in [0, 0.05) is 24.5 Å². The van der Waals surface area contributed by atoms with Crippen LogP contribution in [0, 0.1) is 0 Å². The van der Waals surface area contributed by atoms with Crippen molar-refractivity contribution in [3.8, 4) is 0 Å². The molecule has 0 radical (unpaired) electrons. The largest absolute Gasteiger partial charge is 0.325 e. The van der Waals surface area contributed by atoms with E-state index in [0.717, 1.165) is 43.7 Å². The lowest BCUT2D eigenvalue weighted by Crippen LogP contribution is -2.35. The van der Waals surface area contributed by atoms with Gasteiger partial charge >= 0.3 is 6.03 Å². The first-order valence-corrected chi connectivity index (χ1v) is 10.8. The first kappa shape index (κ1) is 21.8. The van der Waals surface area contributed by atoms with Gasteiger partial charge in [-0.3, -0.25) is 9.69 Å². The Bertz CT molecular complexity index is 815. The molecule has 2 aromatic rings. The van der Waals surface area contributed by atoms with Crippen molar-refractivity contribution in [2.24, 2.45) is 0 Å². The summed E-state index contributed by atoms with van der Waals surface area (Å²) in [5.74, 6) is -0.0769. The number of carbonyl (C=O) groups excluding carboxylic acids is 2. The molecule has 1 aliphatic heterocycles. The second-order valence-electron chi connectivity index (χ2n) is 7.78. The lowest BCUT2D eigenvalue weighted by atomic mass is 10.0. The van der Waals surface area contributed by atoms with Crippen LogP contribution in [0.4, 0.5) is 16.2 Å². The van der Waals surface area contributed by atoms with E-state index in [0.29, 0.717) is 5.69 Å². The number of urea groups is 1. The molecule has 0 aliphatic carbocycles. The number of likely N-dealkylation sites (tertiary alicyclic amines) is 1. The number of benzene rings is 2. The van der Waals surface area contributed by atoms with Crippen LogP contribution in [0.5, 0.6) is 0 Å². The first-order valence-electron chi connectivity index (χ1n) is 10.8. The van der Waals surface area contributed by atoms with E-state index < -0.39 is 0 Å². The van der Waals surface area contributed by atoms with Crippen molar-refractivity contribution in [3.63, 3.8) is 0 Å². The van der Waals surface area contributed by atoms with Crippen molar-refractivity contribution in [2.45, 2.75) is 38.6 Å². The Labute approximate surface area is 179 Å². The first-order chi connectivity index (χ1) is 14.6. The molecule has 0 aromatic heterocycles. The zero-order chi connectivity index (χ0) is 21.3. The molecule has 1 heterocycles. The molecule has 0 saturated carbocycles. The van der Waals surface area contributed by atoms with E-state index in [4.69, 9.17) is 0 Å². The van der Waals surface area contributed by atoms with Gasteiger partial charge in [0.25, 0.3) is 0 Å². The van der Waals surface area contributed by atoms with Crippen molar-refractivity contribution in [2.75, 3.05) is 37.3 Å². The van der Waals surface area contributed by atoms with E-state index in [1.54, 1.807) is 0 Å². The van der Waals surface area contributed by atoms with Gasteiger partial charge < -0.3 is 15.5 Å². The molecule has 160 valence electrons. The van der Waals surface area contributed by atoms with Gasteiger partial charge in [0.1, 0.15) is 6.04 Å². The van der Waals surface area contributed by atoms with Gasteiger partial charge in [-0.05, 0) is 56.3 Å². The predicted octanol–water partition coefficient (Wildman–Crippen LogP) is 4.73. The summed E-state index contributed by atoms with van der Waals surface area (Å²) in [5.41, 5.74) is 2.39. The van der Waals surface area contributed by atoms with Crippen LogP contribution in [0.25, 0.3) is 0 Å². The number of likely N-dealkylation sites (N-methyl/N-ethyl adjacent to an activating group) is 1. The van der Waals surface area contributed by atoms with Crippen LogP contribution in [0.15, 0.2) is 54.6 Å². The lowest BCUT2D eigenvalue weighted by Gasteiger charge is -2.26. The summed E-state index contributed by atoms with van der Waals surface area (Å²) >= 11 is 0. The maximum Gasteiger partial charge on any atom is 0.321 e. The highest BCUT2D eigenvalue weighted by atomic mass is 16.2. The molecule has 1 aliphatic rings. The van der Waals surface area contributed by atoms with Gasteiger partial charge in [0.2, 0.25) is 5.91 Å². The molecule has 0 spiro atoms. The predicted molar refractivity (Wildman–Crippen MR) is 122 cm³/mol. The van der Waals surface area contributed by atoms with Gasteiger partial charge in [-0.1, -0.05) is 50.1 Å². The van der Waals surface area contributed by atoms with Crippen LogP contribution in [-0.2, 0) is 4.79 Å². The fraction of sp³-hybridized carbons (Fsp3) is 0.417. The van der Waals surface area contributed by atoms with Crippen LogP contribution >= 0.6 is 0 Å². The monoisotopic (exact) mass is 408 g/mol. The zero-order valence-electron chi connectivity index (χ0n) is 17.9. The molecule has 2 aromatic carbocycles. The second-order valence-corrected chi connectivity index (χ2v) is 7.78. The fourth-order valence-electron chi connectivity index (χ4n) is 3.75. The number of carbonyl (C=O) groups is 2. The molecule has 6 nitrogen and oxygen atoms in total. The third-order valence-electron chi connectivity index (χ3n) is 5.60. The van der Waals surface area contributed by atoms with Gasteiger partial charge in [-0.2, -0.15) is 0 Å². The minimum Gasteiger partial charge on any atom is -0.325 e. The van der Waals surface area contributed by atoms with E-state index in [-0.39, 0.29) is 18.0 Å². The molecule has 30 heavy (non-hydrogen) atoms. The quantitative estimate of drug-likeness (QED) is 0.726. The average Bonchev–Trinajstić information content (AvgIpc) is 3.05. The van der Waals surface area contributed by atoms with Crippen LogP contribution in [0.2, 0.25) is 0 Å². The molecule has 6 heteroatoms. The number of rotatable bonds is 6. The normalized spacial score (nSPS) is 15.4. The van der Waals surface area contributed by atoms with Gasteiger partial charge in [-0.25, -0.2) is 4.79 Å². The highest BCUT2D eigenvalue weighted by molar-refractivity contribution is 5.96. The van der Waals surface area contributed by atoms with E-state index in [1.807, 2.05) is 78.4 Å². The zero-order valence-corrected chi connectivity index (χ0v) is 17.9. The SMILES string of the molecule is CCN(C)C(C(=O)Nc1ccc(NC(=O)N2CCCCCC2)cc1)c1ccccc1. The molecule has 3 rings (SSSR count). The van der Waals surface area contributed by atoms with E-state index in [1.165, 1.54) is 12.8 Å². The Hall–Kier alpha value is -2.86. The summed E-state index contributed by atoms with van der Waals surface area (Å²) in [6.45, 7) is 4.41. The lowest BCUT2D eigenvalue weighted by molar-refractivity contribution is -0.121. The summed E-state index contributed by atoms with van der Waals surface area (Å²) in [5, 5.41) is 5.97. The van der Waals surface area contributed by atoms with Crippen LogP contribution in [-0.4, -0.2) is 48.4 Å². The maximum absolute atomic E-state index is 13.0. The molecule has 1 unspecified atom stereocenters. The van der Waals surface area contributed by atoms with Gasteiger partial charge in [0.05, 0.1) is 0 Å². The number of nitrogens with one attached hydrogen (secondary N) is 2. The minimum absolute atomic E-state index is 0.0533. The van der Waals surface area contributed by atoms with Crippen LogP contribution in [0.3, 0.4) is 0 Å². The number of anilines is 2. The Kier molecular flexibility index (Phi) is 7.85. The van der Waals surface area contributed by atoms with Crippen molar-refractivity contribution < 1.29 is 9.59 Å². The second kappa shape index (κ2) is 10.8. The Morgan fingerprint density at radius 1 is 0.900 bits per heavy atom. The van der Waals surface area contributed by atoms with E-state index >= 15 is 0 Å². The molecular weight excluding hydrogens is 376 g/mol. The molecule has 1 atom stereocenters. The smallest absolute Gasteiger partial charge is 0.321 e. The third-order valence-corrected chi connectivity index (χ3v) is 5.60. The Morgan fingerprint density at radius 2 is 1.47 bits per heavy atom. The summed E-state index contributed by atoms with van der Waals surface area (Å²) < 4.78 is 0. The average molecular weight is 409 g/mol. The maximum atomic E-state index is 13.0. The van der Waals surface area contributed by atoms with Crippen molar-refractivity contribution >= 4 is 23.3 Å². The van der Waals surface area contributed by atoms with Crippen molar-refractivity contribution in [1.29, 1.82) is 0 Å².